The fourth-order valence-electron chi connectivity index (χ4n) is 7.30. The highest BCUT2D eigenvalue weighted by atomic mass is 16.4. The highest BCUT2D eigenvalue weighted by Gasteiger charge is 2.59. The number of aliphatic carboxylic acids is 1. The maximum atomic E-state index is 14.1. The van der Waals surface area contributed by atoms with Gasteiger partial charge in [0.1, 0.15) is 12.1 Å². The molecule has 6 rings (SSSR count). The van der Waals surface area contributed by atoms with E-state index in [1.165, 1.54) is 4.90 Å². The van der Waals surface area contributed by atoms with Crippen LogP contribution in [0.1, 0.15) is 43.4 Å². The Morgan fingerprint density at radius 2 is 1.32 bits per heavy atom. The molecule has 212 valence electrons. The van der Waals surface area contributed by atoms with E-state index in [1.54, 1.807) is 0 Å². The van der Waals surface area contributed by atoms with Crippen molar-refractivity contribution >= 4 is 17.8 Å². The molecular weight excluding hydrogens is 514 g/mol. The molecule has 3 aliphatic heterocycles. The van der Waals surface area contributed by atoms with Crippen molar-refractivity contribution in [3.63, 3.8) is 0 Å². The van der Waals surface area contributed by atoms with Gasteiger partial charge in [0.25, 0.3) is 0 Å². The van der Waals surface area contributed by atoms with Gasteiger partial charge in [-0.2, -0.15) is 0 Å². The first-order valence-electron chi connectivity index (χ1n) is 14.6. The number of carbonyl (C=O) groups is 3. The van der Waals surface area contributed by atoms with Gasteiger partial charge in [0.2, 0.25) is 11.8 Å². The molecule has 2 amide bonds. The molecule has 3 fully saturated rings. The van der Waals surface area contributed by atoms with Crippen LogP contribution in [0.2, 0.25) is 0 Å². The third-order valence-corrected chi connectivity index (χ3v) is 9.33. The summed E-state index contributed by atoms with van der Waals surface area (Å²) < 4.78 is 0. The van der Waals surface area contributed by atoms with Crippen molar-refractivity contribution in [1.82, 2.24) is 14.7 Å². The highest BCUT2D eigenvalue weighted by Crippen LogP contribution is 2.49. The summed E-state index contributed by atoms with van der Waals surface area (Å²) in [6.45, 7) is 5.56. The quantitative estimate of drug-likeness (QED) is 0.335. The number of hydrogen-bond donors (Lipinski definition) is 1. The van der Waals surface area contributed by atoms with Gasteiger partial charge in [0, 0.05) is 26.2 Å². The SMILES string of the molecule is CC(C)[C@@H](C(=O)O)N1CCC2(CCN(C(=O)[C@H]3CN3C(c3ccccc3)(c3ccccc3)c3ccccc3)C2)C1=O. The molecule has 3 aromatic carbocycles. The number of amides is 2. The molecule has 0 saturated carbocycles. The second-order valence-electron chi connectivity index (χ2n) is 12.0. The summed E-state index contributed by atoms with van der Waals surface area (Å²) in [7, 11) is 0. The van der Waals surface area contributed by atoms with Crippen LogP contribution in [0.5, 0.6) is 0 Å². The fraction of sp³-hybridized carbons (Fsp3) is 0.382. The van der Waals surface area contributed by atoms with E-state index >= 15 is 0 Å². The number of likely N-dealkylation sites (tertiary alicyclic amines) is 2. The monoisotopic (exact) mass is 551 g/mol. The number of nitrogens with zero attached hydrogens (tertiary/aromatic N) is 3. The predicted octanol–water partition coefficient (Wildman–Crippen LogP) is 4.22. The van der Waals surface area contributed by atoms with Gasteiger partial charge < -0.3 is 14.9 Å². The Hall–Kier alpha value is -3.97. The molecule has 2 unspecified atom stereocenters. The summed E-state index contributed by atoms with van der Waals surface area (Å²) in [5, 5.41) is 9.80. The summed E-state index contributed by atoms with van der Waals surface area (Å²) >= 11 is 0. The zero-order valence-electron chi connectivity index (χ0n) is 23.6. The van der Waals surface area contributed by atoms with Crippen LogP contribution in [0.4, 0.5) is 0 Å². The minimum atomic E-state index is -0.968. The van der Waals surface area contributed by atoms with E-state index in [0.29, 0.717) is 39.0 Å². The number of carboxylic acids is 1. The van der Waals surface area contributed by atoms with Gasteiger partial charge in [-0.25, -0.2) is 4.79 Å². The zero-order chi connectivity index (χ0) is 28.8. The summed E-state index contributed by atoms with van der Waals surface area (Å²) in [6.07, 6.45) is 1.16. The van der Waals surface area contributed by atoms with Gasteiger partial charge in [-0.15, -0.1) is 0 Å². The lowest BCUT2D eigenvalue weighted by Gasteiger charge is -2.38. The summed E-state index contributed by atoms with van der Waals surface area (Å²) in [5.41, 5.74) is 1.96. The van der Waals surface area contributed by atoms with Crippen molar-refractivity contribution in [3.05, 3.63) is 108 Å². The summed E-state index contributed by atoms with van der Waals surface area (Å²) in [5.74, 6) is -1.23. The van der Waals surface area contributed by atoms with Gasteiger partial charge in [0.15, 0.2) is 0 Å². The molecule has 3 aliphatic rings. The Morgan fingerprint density at radius 3 is 1.78 bits per heavy atom. The average molecular weight is 552 g/mol. The zero-order valence-corrected chi connectivity index (χ0v) is 23.6. The Morgan fingerprint density at radius 1 is 0.829 bits per heavy atom. The molecule has 7 nitrogen and oxygen atoms in total. The second kappa shape index (κ2) is 10.5. The molecule has 0 radical (unpaired) electrons. The number of benzene rings is 3. The first kappa shape index (κ1) is 27.2. The van der Waals surface area contributed by atoms with Crippen LogP contribution in [-0.2, 0) is 19.9 Å². The summed E-state index contributed by atoms with van der Waals surface area (Å²) in [6, 6.07) is 29.9. The van der Waals surface area contributed by atoms with Crippen molar-refractivity contribution in [3.8, 4) is 0 Å². The molecule has 0 aromatic heterocycles. The minimum absolute atomic E-state index is 0.0407. The largest absolute Gasteiger partial charge is 0.480 e. The van der Waals surface area contributed by atoms with E-state index in [2.05, 4.69) is 41.3 Å². The first-order chi connectivity index (χ1) is 19.8. The van der Waals surface area contributed by atoms with Gasteiger partial charge >= 0.3 is 5.97 Å². The van der Waals surface area contributed by atoms with Crippen LogP contribution in [0.25, 0.3) is 0 Å². The van der Waals surface area contributed by atoms with E-state index in [1.807, 2.05) is 73.3 Å². The van der Waals surface area contributed by atoms with Gasteiger partial charge in [-0.05, 0) is 35.4 Å². The molecular formula is C34H37N3O4. The van der Waals surface area contributed by atoms with E-state index in [4.69, 9.17) is 0 Å². The molecule has 0 aliphatic carbocycles. The predicted molar refractivity (Wildman–Crippen MR) is 156 cm³/mol. The molecule has 3 saturated heterocycles. The van der Waals surface area contributed by atoms with Crippen molar-refractivity contribution in [2.75, 3.05) is 26.2 Å². The van der Waals surface area contributed by atoms with Crippen LogP contribution >= 0.6 is 0 Å². The molecule has 0 bridgehead atoms. The summed E-state index contributed by atoms with van der Waals surface area (Å²) in [4.78, 5) is 45.4. The average Bonchev–Trinajstić information content (AvgIpc) is 3.57. The third kappa shape index (κ3) is 4.43. The van der Waals surface area contributed by atoms with E-state index in [9.17, 15) is 19.5 Å². The van der Waals surface area contributed by atoms with E-state index in [0.717, 1.165) is 16.7 Å². The van der Waals surface area contributed by atoms with E-state index < -0.39 is 23.0 Å². The molecule has 3 heterocycles. The van der Waals surface area contributed by atoms with E-state index in [-0.39, 0.29) is 23.8 Å². The van der Waals surface area contributed by atoms with Crippen molar-refractivity contribution in [1.29, 1.82) is 0 Å². The Bertz CT molecular complexity index is 1330. The molecule has 41 heavy (non-hydrogen) atoms. The Kier molecular flexibility index (Phi) is 6.94. The van der Waals surface area contributed by atoms with Crippen molar-refractivity contribution < 1.29 is 19.5 Å². The molecule has 4 atom stereocenters. The van der Waals surface area contributed by atoms with Gasteiger partial charge in [-0.3, -0.25) is 14.5 Å². The molecule has 7 heteroatoms. The highest BCUT2D eigenvalue weighted by molar-refractivity contribution is 5.92. The van der Waals surface area contributed by atoms with Crippen LogP contribution in [0.3, 0.4) is 0 Å². The van der Waals surface area contributed by atoms with Crippen molar-refractivity contribution in [2.24, 2.45) is 11.3 Å². The van der Waals surface area contributed by atoms with Gasteiger partial charge in [-0.1, -0.05) is 105 Å². The normalized spacial score (nSPS) is 24.7. The van der Waals surface area contributed by atoms with Crippen LogP contribution in [0, 0.1) is 11.3 Å². The lowest BCUT2D eigenvalue weighted by Crippen LogP contribution is -2.48. The van der Waals surface area contributed by atoms with Gasteiger partial charge in [0.05, 0.1) is 11.0 Å². The maximum Gasteiger partial charge on any atom is 0.326 e. The fourth-order valence-corrected chi connectivity index (χ4v) is 7.30. The Labute approximate surface area is 241 Å². The standard InChI is InChI=1S/C34H37N3O4/c1-24(2)29(31(39)40)36-21-19-33(32(36)41)18-20-35(23-33)30(38)28-22-37(28)34(25-12-6-3-7-13-25,26-14-8-4-9-15-26)27-16-10-5-11-17-27/h3-17,24,28-29H,18-23H2,1-2H3,(H,39,40)/t28-,29+,33?,37?/m1/s1. The first-order valence-corrected chi connectivity index (χ1v) is 14.6. The van der Waals surface area contributed by atoms with Crippen LogP contribution in [0.15, 0.2) is 91.0 Å². The molecule has 3 aromatic rings. The lowest BCUT2D eigenvalue weighted by molar-refractivity contribution is -0.152. The Balaban J connectivity index is 1.29. The van der Waals surface area contributed by atoms with Crippen LogP contribution < -0.4 is 0 Å². The third-order valence-electron chi connectivity index (χ3n) is 9.33. The lowest BCUT2D eigenvalue weighted by atomic mass is 9.76. The van der Waals surface area contributed by atoms with Crippen molar-refractivity contribution in [2.45, 2.75) is 44.3 Å². The maximum absolute atomic E-state index is 14.1. The number of rotatable bonds is 8. The molecule has 1 N–H and O–H groups in total. The smallest absolute Gasteiger partial charge is 0.326 e. The van der Waals surface area contributed by atoms with Crippen LogP contribution in [-0.4, -0.2) is 75.9 Å². The second-order valence-corrected chi connectivity index (χ2v) is 12.0. The molecule has 1 spiro atoms. The topological polar surface area (TPSA) is 80.9 Å². The number of carbonyl (C=O) groups excluding carboxylic acids is 2. The minimum Gasteiger partial charge on any atom is -0.480 e. The number of hydrogen-bond acceptors (Lipinski definition) is 4. The number of carboxylic acid groups (broad SMARTS) is 1.